The summed E-state index contributed by atoms with van der Waals surface area (Å²) in [5.74, 6) is 2.80. The van der Waals surface area contributed by atoms with Crippen molar-refractivity contribution in [2.24, 2.45) is 34.5 Å². The number of benzene rings is 2. The van der Waals surface area contributed by atoms with Gasteiger partial charge in [-0.25, -0.2) is 4.98 Å². The Bertz CT molecular complexity index is 2720. The Labute approximate surface area is 472 Å². The van der Waals surface area contributed by atoms with Crippen LogP contribution in [0.3, 0.4) is 0 Å². The number of hydrogen-bond acceptors (Lipinski definition) is 16. The number of para-hydroxylation sites is 1. The minimum Gasteiger partial charge on any atom is -0.507 e. The molecule has 11 rings (SSSR count). The summed E-state index contributed by atoms with van der Waals surface area (Å²) in [5.41, 5.74) is 26.4. The van der Waals surface area contributed by atoms with Gasteiger partial charge in [-0.3, -0.25) is 19.4 Å². The molecule has 17 nitrogen and oxygen atoms in total. The van der Waals surface area contributed by atoms with Gasteiger partial charge in [0.1, 0.15) is 17.5 Å². The third-order valence-corrected chi connectivity index (χ3v) is 19.9. The maximum absolute atomic E-state index is 13.5. The topological polar surface area (TPSA) is 212 Å². The predicted molar refractivity (Wildman–Crippen MR) is 313 cm³/mol. The lowest BCUT2D eigenvalue weighted by Crippen LogP contribution is -2.61. The van der Waals surface area contributed by atoms with Gasteiger partial charge in [-0.05, 0) is 145 Å². The number of carbonyl (C=O) groups excluding carboxylic acids is 2. The van der Waals surface area contributed by atoms with E-state index in [-0.39, 0.29) is 41.5 Å². The Morgan fingerprint density at radius 3 is 2.25 bits per heavy atom. The third kappa shape index (κ3) is 12.9. The number of aromatic hydroxyl groups is 1. The van der Waals surface area contributed by atoms with Crippen molar-refractivity contribution in [3.05, 3.63) is 100 Å². The first kappa shape index (κ1) is 56.6. The molecule has 0 radical (unpaired) electrons. The largest absolute Gasteiger partial charge is 0.507 e. The van der Waals surface area contributed by atoms with Gasteiger partial charge in [-0.15, -0.1) is 11.3 Å². The predicted octanol–water partition coefficient (Wildman–Crippen LogP) is 7.45. The van der Waals surface area contributed by atoms with Gasteiger partial charge in [0.25, 0.3) is 0 Å². The average Bonchev–Trinajstić information content (AvgIpc) is 4.37. The lowest BCUT2D eigenvalue weighted by molar-refractivity contribution is -0.134. The highest BCUT2D eigenvalue weighted by Gasteiger charge is 2.49. The number of allylic oxidation sites excluding steroid dienone is 1. The number of aromatic nitrogens is 2. The molecular weight excluding hydrogens is 1010 g/mol. The zero-order valence-corrected chi connectivity index (χ0v) is 48.3. The number of phenols is 1. The first-order valence-electron chi connectivity index (χ1n) is 29.5. The van der Waals surface area contributed by atoms with Gasteiger partial charge < -0.3 is 56.5 Å². The Hall–Kier alpha value is -5.66. The number of piperidine rings is 2. The molecule has 18 heteroatoms. The quantitative estimate of drug-likeness (QED) is 0.0545. The van der Waals surface area contributed by atoms with Crippen LogP contribution in [0.2, 0.25) is 0 Å². The van der Waals surface area contributed by atoms with Crippen molar-refractivity contribution in [1.29, 1.82) is 0 Å². The van der Waals surface area contributed by atoms with E-state index in [9.17, 15) is 14.7 Å². The van der Waals surface area contributed by atoms with Crippen molar-refractivity contribution >= 4 is 35.2 Å². The molecule has 1 aliphatic carbocycles. The van der Waals surface area contributed by atoms with Gasteiger partial charge in [0, 0.05) is 100 Å². The second kappa shape index (κ2) is 25.0. The van der Waals surface area contributed by atoms with E-state index in [4.69, 9.17) is 26.5 Å². The number of hydrogen-bond donors (Lipinski definition) is 5. The van der Waals surface area contributed by atoms with Crippen LogP contribution in [0.5, 0.6) is 5.75 Å². The van der Waals surface area contributed by atoms with Gasteiger partial charge in [-0.2, -0.15) is 0 Å². The SMILES string of the molecule is CC(C)C(C(=O)N1CCCC1C)c1cc(N2CCC(CN3CCC4(CC3)CC(N3CCOC(CN5C6CCC5CN(C(/C=C(\N)c5ccccc5O)=C(N)N)C6)C3)C4)CC2)no1.Cc1ncsc1-c1ccc(C(C)NC=O)cc1. The number of nitrogens with two attached hydrogens (primary N) is 3. The van der Waals surface area contributed by atoms with Crippen molar-refractivity contribution in [2.45, 2.75) is 141 Å². The van der Waals surface area contributed by atoms with E-state index in [2.05, 4.69) is 78.9 Å². The van der Waals surface area contributed by atoms with E-state index in [1.807, 2.05) is 48.5 Å². The highest BCUT2D eigenvalue weighted by molar-refractivity contribution is 7.13. The number of nitrogens with one attached hydrogen (secondary N) is 1. The normalized spacial score (nSPS) is 25.0. The van der Waals surface area contributed by atoms with Crippen molar-refractivity contribution in [3.8, 4) is 16.2 Å². The lowest BCUT2D eigenvalue weighted by atomic mass is 9.60. The first-order valence-corrected chi connectivity index (χ1v) is 30.4. The summed E-state index contributed by atoms with van der Waals surface area (Å²) in [6.45, 7) is 22.4. The molecule has 4 aromatic rings. The van der Waals surface area contributed by atoms with Crippen LogP contribution in [-0.4, -0.2) is 161 Å². The highest BCUT2D eigenvalue weighted by Crippen LogP contribution is 2.51. The minimum absolute atomic E-state index is 0.0455. The maximum atomic E-state index is 13.5. The number of piperazine rings is 1. The number of rotatable bonds is 16. The molecule has 428 valence electrons. The number of ether oxygens (including phenoxy) is 1. The molecule has 1 spiro atoms. The molecule has 6 atom stereocenters. The molecule has 6 unspecified atom stereocenters. The number of phenolic OH excluding ortho intramolecular Hbond substituents is 1. The molecule has 1 saturated carbocycles. The Morgan fingerprint density at radius 2 is 1.62 bits per heavy atom. The van der Waals surface area contributed by atoms with Crippen LogP contribution in [0.1, 0.15) is 126 Å². The maximum Gasteiger partial charge on any atom is 0.233 e. The molecule has 8 heterocycles. The van der Waals surface area contributed by atoms with Gasteiger partial charge in [0.15, 0.2) is 11.6 Å². The molecule has 79 heavy (non-hydrogen) atoms. The van der Waals surface area contributed by atoms with Crippen molar-refractivity contribution in [3.63, 3.8) is 0 Å². The van der Waals surface area contributed by atoms with Crippen molar-refractivity contribution < 1.29 is 24.0 Å². The monoisotopic (exact) mass is 1100 g/mol. The lowest BCUT2D eigenvalue weighted by Gasteiger charge is -2.56. The number of fused-ring (bicyclic) bond motifs is 2. The van der Waals surface area contributed by atoms with E-state index in [1.54, 1.807) is 29.5 Å². The number of likely N-dealkylation sites (tertiary alicyclic amines) is 3. The van der Waals surface area contributed by atoms with E-state index < -0.39 is 0 Å². The molecule has 6 aliphatic heterocycles. The fourth-order valence-corrected chi connectivity index (χ4v) is 15.0. The molecule has 2 amide bonds. The highest BCUT2D eigenvalue weighted by atomic mass is 32.1. The second-order valence-corrected chi connectivity index (χ2v) is 25.3. The van der Waals surface area contributed by atoms with Crippen molar-refractivity contribution in [2.75, 3.05) is 83.5 Å². The van der Waals surface area contributed by atoms with Gasteiger partial charge >= 0.3 is 0 Å². The third-order valence-electron chi connectivity index (χ3n) is 18.9. The van der Waals surface area contributed by atoms with Crippen LogP contribution in [0, 0.1) is 24.2 Å². The molecule has 7 fully saturated rings. The number of amides is 2. The van der Waals surface area contributed by atoms with Gasteiger partial charge in [-0.1, -0.05) is 55.4 Å². The summed E-state index contributed by atoms with van der Waals surface area (Å²) in [4.78, 5) is 44.3. The summed E-state index contributed by atoms with van der Waals surface area (Å²) in [6.07, 6.45) is 14.9. The molecule has 2 bridgehead atoms. The fraction of sp³-hybridized carbons (Fsp3) is 0.607. The number of thiazole rings is 1. The fourth-order valence-electron chi connectivity index (χ4n) is 14.2. The number of anilines is 1. The van der Waals surface area contributed by atoms with E-state index in [0.717, 1.165) is 120 Å². The second-order valence-electron chi connectivity index (χ2n) is 24.5. The van der Waals surface area contributed by atoms with Crippen LogP contribution in [0.25, 0.3) is 16.1 Å². The van der Waals surface area contributed by atoms with E-state index in [0.29, 0.717) is 46.8 Å². The van der Waals surface area contributed by atoms with Crippen LogP contribution >= 0.6 is 11.3 Å². The van der Waals surface area contributed by atoms with Crippen LogP contribution in [-0.2, 0) is 14.3 Å². The molecular formula is C61H88N12O5S. The first-order chi connectivity index (χ1) is 38.1. The summed E-state index contributed by atoms with van der Waals surface area (Å²) in [6, 6.07) is 19.2. The number of morpholine rings is 1. The van der Waals surface area contributed by atoms with Gasteiger partial charge in [0.05, 0.1) is 40.5 Å². The van der Waals surface area contributed by atoms with Gasteiger partial charge in [0.2, 0.25) is 12.3 Å². The summed E-state index contributed by atoms with van der Waals surface area (Å²) >= 11 is 1.64. The molecule has 7 aliphatic rings. The Balaban J connectivity index is 0.000000353. The smallest absolute Gasteiger partial charge is 0.233 e. The summed E-state index contributed by atoms with van der Waals surface area (Å²) in [5, 5.41) is 17.6. The average molecular weight is 1100 g/mol. The molecule has 2 aromatic carbocycles. The van der Waals surface area contributed by atoms with Crippen molar-refractivity contribution in [1.82, 2.24) is 40.0 Å². The van der Waals surface area contributed by atoms with Crippen LogP contribution < -0.4 is 27.4 Å². The number of nitrogens with zero attached hydrogens (tertiary/aromatic N) is 8. The Kier molecular flexibility index (Phi) is 17.9. The van der Waals surface area contributed by atoms with Crippen LogP contribution in [0.4, 0.5) is 5.82 Å². The molecule has 2 aromatic heterocycles. The number of aryl methyl sites for hydroxylation is 1. The standard InChI is InChI=1S/C48H74N10O4.C13H14N2OS/c1-32(2)45(47(60)57-16-6-7-33(57)3)43-24-44(52-62-43)54-17-12-34(13-18-54)27-53-19-14-48(15-20-53)25-37(26-48)55-21-22-61-38(30-55)31-58-35-10-11-36(58)29-56(28-35)41(46(50)51)23-40(49)39-8-4-5-9-42(39)59;1-9(14-7-16)11-3-5-12(6-4-11)13-10(2)15-8-17-13/h4-5,8-9,23-24,32-38,45,59H,6-7,10-22,25-31,49-51H2,1-3H3;3-9H,1-2H3,(H,14,16)/b40-23-;. The summed E-state index contributed by atoms with van der Waals surface area (Å²) in [7, 11) is 0. The van der Waals surface area contributed by atoms with Crippen LogP contribution in [0.15, 0.2) is 82.2 Å². The summed E-state index contributed by atoms with van der Waals surface area (Å²) < 4.78 is 12.3. The Morgan fingerprint density at radius 1 is 0.899 bits per heavy atom. The molecule has 8 N–H and O–H groups in total. The molecule has 6 saturated heterocycles. The number of carbonyl (C=O) groups is 2. The zero-order valence-electron chi connectivity index (χ0n) is 47.5. The van der Waals surface area contributed by atoms with E-state index in [1.165, 1.54) is 68.6 Å². The van der Waals surface area contributed by atoms with E-state index >= 15 is 0 Å². The minimum atomic E-state index is -0.272. The zero-order chi connectivity index (χ0) is 55.4.